The van der Waals surface area contributed by atoms with Gasteiger partial charge >= 0.3 is 11.9 Å². The first-order valence-electron chi connectivity index (χ1n) is 10.6. The Labute approximate surface area is 170 Å². The van der Waals surface area contributed by atoms with E-state index in [-0.39, 0.29) is 23.8 Å². The summed E-state index contributed by atoms with van der Waals surface area (Å²) in [5, 5.41) is 0. The van der Waals surface area contributed by atoms with Crippen molar-refractivity contribution in [2.24, 2.45) is 11.8 Å². The van der Waals surface area contributed by atoms with Crippen molar-refractivity contribution in [3.63, 3.8) is 0 Å². The molecule has 1 fully saturated rings. The van der Waals surface area contributed by atoms with Crippen LogP contribution in [0.3, 0.4) is 0 Å². The molecule has 5 aliphatic rings. The molecule has 4 nitrogen and oxygen atoms in total. The van der Waals surface area contributed by atoms with Gasteiger partial charge in [0.1, 0.15) is 0 Å². The Kier molecular flexibility index (Phi) is 3.54. The van der Waals surface area contributed by atoms with Gasteiger partial charge in [0.05, 0.1) is 26.1 Å². The molecule has 7 rings (SSSR count). The normalized spacial score (nSPS) is 32.3. The van der Waals surface area contributed by atoms with Gasteiger partial charge in [-0.3, -0.25) is 9.59 Å². The zero-order chi connectivity index (χ0) is 19.9. The van der Waals surface area contributed by atoms with Crippen LogP contribution in [0, 0.1) is 11.8 Å². The molecular formula is C25H24O4. The van der Waals surface area contributed by atoms with Gasteiger partial charge in [-0.1, -0.05) is 36.4 Å². The van der Waals surface area contributed by atoms with Gasteiger partial charge in [-0.2, -0.15) is 0 Å². The molecule has 0 heterocycles. The maximum atomic E-state index is 12.9. The molecule has 0 radical (unpaired) electrons. The topological polar surface area (TPSA) is 52.6 Å². The molecular weight excluding hydrogens is 364 g/mol. The predicted molar refractivity (Wildman–Crippen MR) is 107 cm³/mol. The number of hydrogen-bond acceptors (Lipinski definition) is 4. The first-order valence-corrected chi connectivity index (χ1v) is 10.6. The van der Waals surface area contributed by atoms with Gasteiger partial charge in [-0.05, 0) is 64.5 Å². The van der Waals surface area contributed by atoms with Crippen LogP contribution in [-0.2, 0) is 19.1 Å². The van der Waals surface area contributed by atoms with E-state index in [1.165, 1.54) is 55.7 Å². The second kappa shape index (κ2) is 5.94. The van der Waals surface area contributed by atoms with E-state index >= 15 is 0 Å². The van der Waals surface area contributed by atoms with Crippen LogP contribution in [0.2, 0.25) is 0 Å². The highest BCUT2D eigenvalue weighted by molar-refractivity contribution is 5.88. The molecule has 0 amide bonds. The Balaban J connectivity index is 1.63. The summed E-state index contributed by atoms with van der Waals surface area (Å²) in [5.41, 5.74) is 7.70. The second-order valence-corrected chi connectivity index (χ2v) is 9.00. The minimum atomic E-state index is -0.545. The highest BCUT2D eigenvalue weighted by atomic mass is 16.5. The number of benzene rings is 2. The second-order valence-electron chi connectivity index (χ2n) is 9.00. The van der Waals surface area contributed by atoms with Crippen LogP contribution in [0.1, 0.15) is 76.3 Å². The van der Waals surface area contributed by atoms with Crippen molar-refractivity contribution in [3.8, 4) is 0 Å². The van der Waals surface area contributed by atoms with Crippen molar-refractivity contribution >= 4 is 11.9 Å². The predicted octanol–water partition coefficient (Wildman–Crippen LogP) is 4.22. The smallest absolute Gasteiger partial charge is 0.310 e. The quantitative estimate of drug-likeness (QED) is 0.723. The van der Waals surface area contributed by atoms with Crippen molar-refractivity contribution in [2.75, 3.05) is 14.2 Å². The van der Waals surface area contributed by atoms with E-state index in [9.17, 15) is 9.59 Å². The first-order chi connectivity index (χ1) is 14.1. The van der Waals surface area contributed by atoms with Gasteiger partial charge in [0.15, 0.2) is 0 Å². The fourth-order valence-corrected chi connectivity index (χ4v) is 6.90. The van der Waals surface area contributed by atoms with Crippen LogP contribution in [0.15, 0.2) is 36.4 Å². The lowest BCUT2D eigenvalue weighted by atomic mass is 9.53. The van der Waals surface area contributed by atoms with E-state index in [1.807, 2.05) is 12.1 Å². The third-order valence-corrected chi connectivity index (χ3v) is 7.99. The van der Waals surface area contributed by atoms with Crippen molar-refractivity contribution < 1.29 is 19.1 Å². The highest BCUT2D eigenvalue weighted by Crippen LogP contribution is 2.62. The molecule has 0 aromatic heterocycles. The van der Waals surface area contributed by atoms with E-state index in [0.717, 1.165) is 11.1 Å². The number of esters is 2. The van der Waals surface area contributed by atoms with Crippen molar-refractivity contribution in [3.05, 3.63) is 69.8 Å². The van der Waals surface area contributed by atoms with Gasteiger partial charge in [0.25, 0.3) is 0 Å². The Morgan fingerprint density at radius 1 is 0.724 bits per heavy atom. The number of ether oxygens (including phenoxy) is 2. The monoisotopic (exact) mass is 388 g/mol. The number of carbonyl (C=O) groups is 2. The van der Waals surface area contributed by atoms with Crippen molar-refractivity contribution in [1.82, 2.24) is 0 Å². The summed E-state index contributed by atoms with van der Waals surface area (Å²) in [4.78, 5) is 25.9. The van der Waals surface area contributed by atoms with E-state index in [4.69, 9.17) is 9.47 Å². The van der Waals surface area contributed by atoms with Gasteiger partial charge < -0.3 is 9.47 Å². The number of fused-ring (bicyclic) bond motifs is 6. The lowest BCUT2D eigenvalue weighted by Gasteiger charge is -2.48. The fourth-order valence-electron chi connectivity index (χ4n) is 6.90. The summed E-state index contributed by atoms with van der Waals surface area (Å²) in [6.45, 7) is 0. The minimum Gasteiger partial charge on any atom is -0.469 e. The molecule has 5 aliphatic carbocycles. The lowest BCUT2D eigenvalue weighted by molar-refractivity contribution is -0.160. The van der Waals surface area contributed by atoms with Crippen LogP contribution in [0.4, 0.5) is 0 Å². The number of hydrogen-bond donors (Lipinski definition) is 0. The average Bonchev–Trinajstić information content (AvgIpc) is 3.38. The molecule has 2 aromatic carbocycles. The molecule has 0 unspecified atom stereocenters. The molecule has 0 saturated heterocycles. The maximum Gasteiger partial charge on any atom is 0.310 e. The van der Waals surface area contributed by atoms with Gasteiger partial charge in [-0.15, -0.1) is 0 Å². The van der Waals surface area contributed by atoms with E-state index in [0.29, 0.717) is 11.8 Å². The molecule has 6 atom stereocenters. The van der Waals surface area contributed by atoms with Crippen molar-refractivity contribution in [1.29, 1.82) is 0 Å². The molecule has 148 valence electrons. The summed E-state index contributed by atoms with van der Waals surface area (Å²) in [7, 11) is 2.82. The fraction of sp³-hybridized carbons (Fsp3) is 0.440. The Morgan fingerprint density at radius 2 is 1.17 bits per heavy atom. The third-order valence-electron chi connectivity index (χ3n) is 7.99. The Morgan fingerprint density at radius 3 is 1.59 bits per heavy atom. The number of carbonyl (C=O) groups excluding carboxylic acids is 2. The Hall–Kier alpha value is -2.62. The summed E-state index contributed by atoms with van der Waals surface area (Å²) in [6.07, 6.45) is 3.79. The summed E-state index contributed by atoms with van der Waals surface area (Å²) in [6, 6.07) is 13.0. The minimum absolute atomic E-state index is 0.160. The highest BCUT2D eigenvalue weighted by Gasteiger charge is 2.57. The molecule has 0 aliphatic heterocycles. The van der Waals surface area contributed by atoms with Crippen molar-refractivity contribution in [2.45, 2.75) is 42.9 Å². The van der Waals surface area contributed by atoms with Gasteiger partial charge in [0.2, 0.25) is 0 Å². The van der Waals surface area contributed by atoms with Gasteiger partial charge in [0, 0.05) is 11.8 Å². The number of rotatable bonds is 2. The third kappa shape index (κ3) is 2.09. The largest absolute Gasteiger partial charge is 0.469 e. The van der Waals surface area contributed by atoms with Crippen LogP contribution in [-0.4, -0.2) is 26.2 Å². The Bertz CT molecular complexity index is 973. The van der Waals surface area contributed by atoms with E-state index < -0.39 is 11.8 Å². The van der Waals surface area contributed by atoms with Crippen LogP contribution in [0.5, 0.6) is 0 Å². The van der Waals surface area contributed by atoms with Crippen LogP contribution >= 0.6 is 0 Å². The van der Waals surface area contributed by atoms with Crippen LogP contribution in [0.25, 0.3) is 0 Å². The molecule has 4 bridgehead atoms. The molecule has 2 aromatic rings. The zero-order valence-corrected chi connectivity index (χ0v) is 16.7. The SMILES string of the molecule is COC(=O)[C@@H]1[C@H]2c3ccccc3[C@@H](c3cc4c(cc32)[C@H]2CC[C@H]4C2)[C@@H]1C(=O)OC. The lowest BCUT2D eigenvalue weighted by Crippen LogP contribution is -2.47. The molecule has 0 N–H and O–H groups in total. The summed E-state index contributed by atoms with van der Waals surface area (Å²) >= 11 is 0. The van der Waals surface area contributed by atoms with Gasteiger partial charge in [-0.25, -0.2) is 0 Å². The molecule has 0 spiro atoms. The molecule has 1 saturated carbocycles. The van der Waals surface area contributed by atoms with E-state index in [1.54, 1.807) is 0 Å². The maximum absolute atomic E-state index is 12.9. The zero-order valence-electron chi connectivity index (χ0n) is 16.7. The first kappa shape index (κ1) is 17.3. The molecule has 29 heavy (non-hydrogen) atoms. The summed E-state index contributed by atoms with van der Waals surface area (Å²) in [5.74, 6) is -0.740. The molecule has 4 heteroatoms. The number of methoxy groups -OCH3 is 2. The standard InChI is InChI=1S/C25H24O4/c1-28-24(26)22-20-14-5-3-4-6-15(14)21(23(22)25(27)29-2)19-11-17-13-8-7-12(9-13)16(17)10-18(19)20/h3-6,10-13,20-23H,7-9H2,1-2H3/t12-,13-,20-,21-,22-,23+/m0/s1. The van der Waals surface area contributed by atoms with E-state index in [2.05, 4.69) is 24.3 Å². The summed E-state index contributed by atoms with van der Waals surface area (Å²) < 4.78 is 10.4. The van der Waals surface area contributed by atoms with Crippen LogP contribution < -0.4 is 0 Å². The average molecular weight is 388 g/mol.